The van der Waals surface area contributed by atoms with Gasteiger partial charge in [0.2, 0.25) is 10.0 Å². The number of rotatable bonds is 6. The highest BCUT2D eigenvalue weighted by Crippen LogP contribution is 2.35. The number of carboxylic acid groups (broad SMARTS) is 1. The third-order valence-electron chi connectivity index (χ3n) is 2.93. The van der Waals surface area contributed by atoms with Gasteiger partial charge in [-0.3, -0.25) is 0 Å². The lowest BCUT2D eigenvalue weighted by Crippen LogP contribution is -2.26. The van der Waals surface area contributed by atoms with Crippen LogP contribution in [0.15, 0.2) is 30.3 Å². The van der Waals surface area contributed by atoms with Gasteiger partial charge in [0, 0.05) is 17.3 Å². The lowest BCUT2D eigenvalue weighted by molar-refractivity contribution is 0.0693. The van der Waals surface area contributed by atoms with Gasteiger partial charge in [-0.1, -0.05) is 24.3 Å². The summed E-state index contributed by atoms with van der Waals surface area (Å²) in [4.78, 5) is 11.2. The van der Waals surface area contributed by atoms with Crippen molar-refractivity contribution in [3.05, 3.63) is 35.9 Å². The molecule has 3 N–H and O–H groups in total. The number of phenols is 1. The fourth-order valence-corrected chi connectivity index (χ4v) is 2.45. The fraction of sp³-hybridized carbons (Fsp3) is 0.214. The zero-order chi connectivity index (χ0) is 16.3. The SMILES string of the molecule is CS(=O)(=O)NCCOc1cc(C(=O)O)c(O)c2ccccc12. The Labute approximate surface area is 127 Å². The van der Waals surface area contributed by atoms with E-state index in [1.165, 1.54) is 6.07 Å². The molecule has 22 heavy (non-hydrogen) atoms. The number of aromatic carboxylic acids is 1. The standard InChI is InChI=1S/C14H15NO6S/c1-22(19,20)15-6-7-21-12-8-11(14(17)18)13(16)10-5-3-2-4-9(10)12/h2-5,8,15-16H,6-7H2,1H3,(H,17,18). The summed E-state index contributed by atoms with van der Waals surface area (Å²) in [6, 6.07) is 7.88. The van der Waals surface area contributed by atoms with Gasteiger partial charge in [-0.15, -0.1) is 0 Å². The molecule has 0 aromatic heterocycles. The number of carbonyl (C=O) groups is 1. The first kappa shape index (κ1) is 16.1. The number of ether oxygens (including phenoxy) is 1. The average Bonchev–Trinajstić information content (AvgIpc) is 2.44. The number of sulfonamides is 1. The Bertz CT molecular complexity index is 815. The summed E-state index contributed by atoms with van der Waals surface area (Å²) in [5.41, 5.74) is -0.273. The van der Waals surface area contributed by atoms with Gasteiger partial charge in [-0.05, 0) is 6.07 Å². The first-order valence-electron chi connectivity index (χ1n) is 6.35. The predicted molar refractivity (Wildman–Crippen MR) is 80.9 cm³/mol. The number of hydrogen-bond acceptors (Lipinski definition) is 5. The number of nitrogens with one attached hydrogen (secondary N) is 1. The van der Waals surface area contributed by atoms with E-state index in [4.69, 9.17) is 9.84 Å². The van der Waals surface area contributed by atoms with Crippen LogP contribution in [0.1, 0.15) is 10.4 Å². The largest absolute Gasteiger partial charge is 0.506 e. The molecule has 0 heterocycles. The zero-order valence-electron chi connectivity index (χ0n) is 11.7. The van der Waals surface area contributed by atoms with E-state index in [-0.39, 0.29) is 30.2 Å². The normalized spacial score (nSPS) is 11.5. The van der Waals surface area contributed by atoms with E-state index in [9.17, 15) is 18.3 Å². The maximum atomic E-state index is 11.2. The van der Waals surface area contributed by atoms with Crippen molar-refractivity contribution in [2.24, 2.45) is 0 Å². The van der Waals surface area contributed by atoms with Crippen LogP contribution in [0, 0.1) is 0 Å². The van der Waals surface area contributed by atoms with Crippen molar-refractivity contribution in [2.45, 2.75) is 0 Å². The summed E-state index contributed by atoms with van der Waals surface area (Å²) < 4.78 is 29.7. The van der Waals surface area contributed by atoms with Crippen LogP contribution in [0.25, 0.3) is 10.8 Å². The first-order valence-corrected chi connectivity index (χ1v) is 8.24. The monoisotopic (exact) mass is 325 g/mol. The van der Waals surface area contributed by atoms with Crippen molar-refractivity contribution in [3.8, 4) is 11.5 Å². The van der Waals surface area contributed by atoms with Crippen LogP contribution in [0.4, 0.5) is 0 Å². The van der Waals surface area contributed by atoms with Crippen molar-refractivity contribution >= 4 is 26.8 Å². The van der Waals surface area contributed by atoms with Crippen molar-refractivity contribution in [3.63, 3.8) is 0 Å². The Kier molecular flexibility index (Phi) is 4.53. The van der Waals surface area contributed by atoms with Gasteiger partial charge in [0.25, 0.3) is 0 Å². The van der Waals surface area contributed by atoms with E-state index >= 15 is 0 Å². The smallest absolute Gasteiger partial charge is 0.339 e. The van der Waals surface area contributed by atoms with E-state index in [0.717, 1.165) is 6.26 Å². The molecule has 0 aliphatic rings. The molecule has 0 saturated carbocycles. The summed E-state index contributed by atoms with van der Waals surface area (Å²) in [5, 5.41) is 20.0. The lowest BCUT2D eigenvalue weighted by Gasteiger charge is -2.12. The molecule has 0 amide bonds. The molecule has 2 aromatic carbocycles. The van der Waals surface area contributed by atoms with Gasteiger partial charge in [0.15, 0.2) is 0 Å². The van der Waals surface area contributed by atoms with E-state index in [1.54, 1.807) is 24.3 Å². The molecule has 2 rings (SSSR count). The molecule has 8 heteroatoms. The molecular formula is C14H15NO6S. The minimum Gasteiger partial charge on any atom is -0.506 e. The molecule has 2 aromatic rings. The van der Waals surface area contributed by atoms with Gasteiger partial charge in [0.1, 0.15) is 23.7 Å². The maximum absolute atomic E-state index is 11.2. The van der Waals surface area contributed by atoms with Crippen LogP contribution < -0.4 is 9.46 Å². The van der Waals surface area contributed by atoms with Gasteiger partial charge >= 0.3 is 5.97 Å². The van der Waals surface area contributed by atoms with Crippen LogP contribution >= 0.6 is 0 Å². The third kappa shape index (κ3) is 3.66. The predicted octanol–water partition coefficient (Wildman–Crippen LogP) is 1.17. The Hall–Kier alpha value is -2.32. The molecule has 0 aliphatic carbocycles. The van der Waals surface area contributed by atoms with Crippen molar-refractivity contribution in [2.75, 3.05) is 19.4 Å². The van der Waals surface area contributed by atoms with Crippen LogP contribution in [0.2, 0.25) is 0 Å². The minimum atomic E-state index is -3.31. The van der Waals surface area contributed by atoms with Gasteiger partial charge < -0.3 is 14.9 Å². The highest BCUT2D eigenvalue weighted by Gasteiger charge is 2.17. The molecule has 0 radical (unpaired) electrons. The van der Waals surface area contributed by atoms with Crippen molar-refractivity contribution in [1.29, 1.82) is 0 Å². The number of hydrogen-bond donors (Lipinski definition) is 3. The molecular weight excluding hydrogens is 310 g/mol. The summed E-state index contributed by atoms with van der Waals surface area (Å²) in [6.07, 6.45) is 1.03. The van der Waals surface area contributed by atoms with Crippen LogP contribution in [-0.2, 0) is 10.0 Å². The topological polar surface area (TPSA) is 113 Å². The highest BCUT2D eigenvalue weighted by molar-refractivity contribution is 7.88. The van der Waals surface area contributed by atoms with Gasteiger partial charge in [-0.25, -0.2) is 17.9 Å². The molecule has 0 atom stereocenters. The first-order chi connectivity index (χ1) is 10.3. The van der Waals surface area contributed by atoms with E-state index in [0.29, 0.717) is 10.8 Å². The number of carboxylic acids is 1. The lowest BCUT2D eigenvalue weighted by atomic mass is 10.0. The summed E-state index contributed by atoms with van der Waals surface area (Å²) in [7, 11) is -3.31. The Morgan fingerprint density at radius 2 is 1.91 bits per heavy atom. The second-order valence-electron chi connectivity index (χ2n) is 4.64. The summed E-state index contributed by atoms with van der Waals surface area (Å²) >= 11 is 0. The molecule has 0 fully saturated rings. The van der Waals surface area contributed by atoms with E-state index < -0.39 is 16.0 Å². The molecule has 118 valence electrons. The quantitative estimate of drug-likeness (QED) is 0.687. The molecule has 7 nitrogen and oxygen atoms in total. The molecule has 0 bridgehead atoms. The fourth-order valence-electron chi connectivity index (χ4n) is 2.00. The highest BCUT2D eigenvalue weighted by atomic mass is 32.2. The average molecular weight is 325 g/mol. The zero-order valence-corrected chi connectivity index (χ0v) is 12.6. The Morgan fingerprint density at radius 3 is 2.50 bits per heavy atom. The molecule has 0 unspecified atom stereocenters. The van der Waals surface area contributed by atoms with Crippen LogP contribution in [-0.4, -0.2) is 44.0 Å². The summed E-state index contributed by atoms with van der Waals surface area (Å²) in [6.45, 7) is 0.0807. The Balaban J connectivity index is 2.32. The van der Waals surface area contributed by atoms with Crippen LogP contribution in [0.5, 0.6) is 11.5 Å². The van der Waals surface area contributed by atoms with Gasteiger partial charge in [-0.2, -0.15) is 0 Å². The van der Waals surface area contributed by atoms with E-state index in [2.05, 4.69) is 4.72 Å². The molecule has 0 spiro atoms. The number of aromatic hydroxyl groups is 1. The van der Waals surface area contributed by atoms with Crippen molar-refractivity contribution < 1.29 is 28.2 Å². The van der Waals surface area contributed by atoms with Gasteiger partial charge in [0.05, 0.1) is 6.26 Å². The maximum Gasteiger partial charge on any atom is 0.339 e. The molecule has 0 saturated heterocycles. The van der Waals surface area contributed by atoms with E-state index in [1.807, 2.05) is 0 Å². The summed E-state index contributed by atoms with van der Waals surface area (Å²) in [5.74, 6) is -1.34. The molecule has 0 aliphatic heterocycles. The van der Waals surface area contributed by atoms with Crippen molar-refractivity contribution in [1.82, 2.24) is 4.72 Å². The third-order valence-corrected chi connectivity index (χ3v) is 3.66. The Morgan fingerprint density at radius 1 is 1.27 bits per heavy atom. The second-order valence-corrected chi connectivity index (χ2v) is 6.47. The van der Waals surface area contributed by atoms with Crippen LogP contribution in [0.3, 0.4) is 0 Å². The minimum absolute atomic E-state index is 0.0287. The number of fused-ring (bicyclic) bond motifs is 1. The number of benzene rings is 2. The second kappa shape index (κ2) is 6.20.